The van der Waals surface area contributed by atoms with Crippen molar-refractivity contribution in [3.05, 3.63) is 97.2 Å². The van der Waals surface area contributed by atoms with Gasteiger partial charge in [-0.05, 0) is 96.3 Å². The van der Waals surface area contributed by atoms with E-state index in [1.807, 2.05) is 21.1 Å². The van der Waals surface area contributed by atoms with Crippen molar-refractivity contribution in [2.45, 2.75) is 244 Å². The first kappa shape index (κ1) is 68.4. The van der Waals surface area contributed by atoms with E-state index < -0.39 is 32.7 Å². The van der Waals surface area contributed by atoms with Crippen LogP contribution in [0.3, 0.4) is 0 Å². The van der Waals surface area contributed by atoms with Crippen LogP contribution in [0.1, 0.15) is 226 Å². The molecule has 0 fully saturated rings. The molecule has 0 saturated carbocycles. The third-order valence-electron chi connectivity index (χ3n) is 12.4. The Hall–Kier alpha value is -2.62. The summed E-state index contributed by atoms with van der Waals surface area (Å²) in [5, 5.41) is 24.7. The second kappa shape index (κ2) is 50.9. The summed E-state index contributed by atoms with van der Waals surface area (Å²) in [6.07, 6.45) is 69.1. The van der Waals surface area contributed by atoms with Crippen LogP contribution in [0.15, 0.2) is 97.2 Å². The minimum atomic E-state index is -4.68. The average molecular weight is 1010 g/mol. The number of aliphatic hydroxyl groups excluding tert-OH is 2. The normalized spacial score (nSPS) is 15.1. The number of carbonyl (C=O) groups is 1. The minimum Gasteiger partial charge on any atom is -0.756 e. The van der Waals surface area contributed by atoms with Gasteiger partial charge >= 0.3 is 0 Å². The van der Waals surface area contributed by atoms with Crippen molar-refractivity contribution < 1.29 is 38.0 Å². The van der Waals surface area contributed by atoms with Gasteiger partial charge in [-0.15, -0.1) is 0 Å². The maximum atomic E-state index is 13.0. The zero-order valence-electron chi connectivity index (χ0n) is 46.3. The van der Waals surface area contributed by atoms with Gasteiger partial charge in [0.15, 0.2) is 0 Å². The van der Waals surface area contributed by atoms with Crippen LogP contribution in [0.25, 0.3) is 0 Å². The molecule has 0 aliphatic rings. The molecule has 3 N–H and O–H groups in total. The number of likely N-dealkylation sites (N-methyl/N-ethyl adjacent to an activating group) is 1. The van der Waals surface area contributed by atoms with Crippen LogP contribution in [-0.2, 0) is 18.4 Å². The Labute approximate surface area is 437 Å². The molecule has 0 rings (SSSR count). The zero-order chi connectivity index (χ0) is 52.2. The molecule has 0 spiro atoms. The first-order valence-electron chi connectivity index (χ1n) is 28.7. The first-order valence-corrected chi connectivity index (χ1v) is 30.1. The van der Waals surface area contributed by atoms with Gasteiger partial charge in [-0.2, -0.15) is 0 Å². The highest BCUT2D eigenvalue weighted by Crippen LogP contribution is 2.38. The number of allylic oxidation sites excluding steroid dienone is 16. The highest BCUT2D eigenvalue weighted by Gasteiger charge is 2.29. The lowest BCUT2D eigenvalue weighted by atomic mass is 10.0. The third kappa shape index (κ3) is 52.1. The van der Waals surface area contributed by atoms with Crippen molar-refractivity contribution in [1.29, 1.82) is 0 Å². The molecule has 0 aliphatic heterocycles. The Morgan fingerprint density at radius 3 is 1.31 bits per heavy atom. The third-order valence-corrected chi connectivity index (χ3v) is 13.4. The average Bonchev–Trinajstić information content (AvgIpc) is 3.33. The molecule has 4 atom stereocenters. The van der Waals surface area contributed by atoms with E-state index >= 15 is 0 Å². The molecule has 0 aromatic carbocycles. The summed E-state index contributed by atoms with van der Waals surface area (Å²) in [5.41, 5.74) is 0. The van der Waals surface area contributed by atoms with Crippen LogP contribution in [0, 0.1) is 0 Å². The molecule has 0 aromatic rings. The number of nitrogens with zero attached hydrogens (tertiary/aromatic N) is 1. The fraction of sp³-hybridized carbons (Fsp3) is 0.721. The van der Waals surface area contributed by atoms with Gasteiger partial charge in [-0.3, -0.25) is 9.36 Å². The van der Waals surface area contributed by atoms with E-state index in [2.05, 4.69) is 116 Å². The van der Waals surface area contributed by atoms with E-state index in [0.717, 1.165) is 77.0 Å². The number of phosphoric ester groups is 1. The SMILES string of the molecule is CC/C=C\C/C=C\C/C=C\C/C=C\C/C=C\C/C=C\C/C=C\CCCCCCCCCCCCCCCC(=O)NC(COP(=O)([O-])OCC[N+](C)(C)C)C(O)C(O)CCC/C=C/CCCCCCCCC. The van der Waals surface area contributed by atoms with Gasteiger partial charge in [-0.25, -0.2) is 0 Å². The summed E-state index contributed by atoms with van der Waals surface area (Å²) >= 11 is 0. The number of carbonyl (C=O) groups excluding carboxylic acids is 1. The first-order chi connectivity index (χ1) is 34.4. The lowest BCUT2D eigenvalue weighted by Crippen LogP contribution is -2.51. The minimum absolute atomic E-state index is 0.0499. The van der Waals surface area contributed by atoms with E-state index in [4.69, 9.17) is 9.05 Å². The monoisotopic (exact) mass is 1010 g/mol. The zero-order valence-corrected chi connectivity index (χ0v) is 47.2. The molecular weight excluding hydrogens is 904 g/mol. The van der Waals surface area contributed by atoms with E-state index in [-0.39, 0.29) is 18.9 Å². The van der Waals surface area contributed by atoms with Crippen molar-refractivity contribution in [1.82, 2.24) is 5.32 Å². The number of quaternary nitrogens is 1. The largest absolute Gasteiger partial charge is 0.756 e. The molecule has 0 bridgehead atoms. The van der Waals surface area contributed by atoms with Crippen LogP contribution < -0.4 is 10.2 Å². The van der Waals surface area contributed by atoms with Gasteiger partial charge in [0.25, 0.3) is 7.82 Å². The van der Waals surface area contributed by atoms with E-state index in [1.54, 1.807) is 0 Å². The van der Waals surface area contributed by atoms with Crippen LogP contribution in [0.2, 0.25) is 0 Å². The smallest absolute Gasteiger partial charge is 0.268 e. The Bertz CT molecular complexity index is 1490. The second-order valence-electron chi connectivity index (χ2n) is 20.4. The van der Waals surface area contributed by atoms with Gasteiger partial charge in [0.2, 0.25) is 5.91 Å². The topological polar surface area (TPSA) is 128 Å². The summed E-state index contributed by atoms with van der Waals surface area (Å²) in [5.74, 6) is -0.293. The van der Waals surface area contributed by atoms with Crippen molar-refractivity contribution in [2.24, 2.45) is 0 Å². The number of rotatable bonds is 51. The second-order valence-corrected chi connectivity index (χ2v) is 21.8. The van der Waals surface area contributed by atoms with Gasteiger partial charge in [-0.1, -0.05) is 220 Å². The van der Waals surface area contributed by atoms with Gasteiger partial charge in [0.05, 0.1) is 39.9 Å². The Morgan fingerprint density at radius 2 is 0.887 bits per heavy atom. The summed E-state index contributed by atoms with van der Waals surface area (Å²) in [6.45, 7) is 4.29. The molecule has 10 heteroatoms. The number of amides is 1. The number of hydrogen-bond acceptors (Lipinski definition) is 7. The summed E-state index contributed by atoms with van der Waals surface area (Å²) in [4.78, 5) is 25.5. The summed E-state index contributed by atoms with van der Waals surface area (Å²) in [7, 11) is 1.10. The van der Waals surface area contributed by atoms with Crippen LogP contribution in [0.5, 0.6) is 0 Å². The lowest BCUT2D eigenvalue weighted by molar-refractivity contribution is -0.870. The van der Waals surface area contributed by atoms with Crippen molar-refractivity contribution >= 4 is 13.7 Å². The quantitative estimate of drug-likeness (QED) is 0.0240. The van der Waals surface area contributed by atoms with E-state index in [1.165, 1.54) is 109 Å². The summed E-state index contributed by atoms with van der Waals surface area (Å²) < 4.78 is 23.2. The molecule has 0 saturated heterocycles. The standard InChI is InChI=1S/C61H109N2O7P/c1-6-8-10-12-14-16-18-20-21-22-23-24-25-26-27-28-29-30-31-32-33-34-35-36-37-38-39-40-41-42-44-46-48-50-52-54-60(65)62-58(57-70-71(67,68)69-56-55-63(3,4)5)61(66)59(64)53-51-49-47-45-43-19-17-15-13-11-9-7-2/h8,10,14,16,20-21,23-24,26-27,29-30,32-33,45,47,58-59,61,64,66H,6-7,9,11-13,15,17-19,22,25,28,31,34-44,46,48-57H2,1-5H3,(H-,62,65,67,68)/b10-8-,16-14-,21-20-,24-23-,27-26-,30-29-,33-32-,47-45+. The predicted octanol–water partition coefficient (Wildman–Crippen LogP) is 15.8. The number of aliphatic hydroxyl groups is 2. The Kier molecular flexibility index (Phi) is 49.0. The number of nitrogens with one attached hydrogen (secondary N) is 1. The van der Waals surface area contributed by atoms with Crippen molar-refractivity contribution in [3.63, 3.8) is 0 Å². The highest BCUT2D eigenvalue weighted by atomic mass is 31.2. The van der Waals surface area contributed by atoms with E-state index in [9.17, 15) is 24.5 Å². The Balaban J connectivity index is 4.15. The molecule has 4 unspecified atom stereocenters. The number of hydrogen-bond donors (Lipinski definition) is 3. The van der Waals surface area contributed by atoms with Crippen molar-refractivity contribution in [3.8, 4) is 0 Å². The molecule has 0 radical (unpaired) electrons. The molecule has 71 heavy (non-hydrogen) atoms. The number of phosphoric acid groups is 1. The van der Waals surface area contributed by atoms with Crippen LogP contribution in [-0.4, -0.2) is 79.8 Å². The van der Waals surface area contributed by atoms with Crippen LogP contribution >= 0.6 is 7.82 Å². The summed E-state index contributed by atoms with van der Waals surface area (Å²) in [6, 6.07) is -1.10. The van der Waals surface area contributed by atoms with Gasteiger partial charge in [0.1, 0.15) is 19.3 Å². The van der Waals surface area contributed by atoms with Crippen LogP contribution in [0.4, 0.5) is 0 Å². The molecule has 410 valence electrons. The predicted molar refractivity (Wildman–Crippen MR) is 303 cm³/mol. The highest BCUT2D eigenvalue weighted by molar-refractivity contribution is 7.45. The van der Waals surface area contributed by atoms with Crippen molar-refractivity contribution in [2.75, 3.05) is 40.9 Å². The van der Waals surface area contributed by atoms with Gasteiger partial charge in [0, 0.05) is 6.42 Å². The molecule has 0 aliphatic carbocycles. The lowest BCUT2D eigenvalue weighted by Gasteiger charge is -2.31. The molecule has 9 nitrogen and oxygen atoms in total. The number of unbranched alkanes of at least 4 members (excludes halogenated alkanes) is 21. The Morgan fingerprint density at radius 1 is 0.521 bits per heavy atom. The molecule has 1 amide bonds. The fourth-order valence-electron chi connectivity index (χ4n) is 7.88. The maximum absolute atomic E-state index is 13.0. The fourth-order valence-corrected chi connectivity index (χ4v) is 8.60. The molecular formula is C61H109N2O7P. The molecule has 0 heterocycles. The molecule has 0 aromatic heterocycles. The van der Waals surface area contributed by atoms with E-state index in [0.29, 0.717) is 30.3 Å². The van der Waals surface area contributed by atoms with Gasteiger partial charge < -0.3 is 34.0 Å². The maximum Gasteiger partial charge on any atom is 0.268 e.